The monoisotopic (exact) mass is 212 g/mol. The molecule has 0 aromatic heterocycles. The van der Waals surface area contributed by atoms with E-state index < -0.39 is 6.10 Å². The average molecular weight is 213 g/mol. The Morgan fingerprint density at radius 2 is 2.33 bits per heavy atom. The van der Waals surface area contributed by atoms with Crippen LogP contribution in [0.3, 0.4) is 0 Å². The number of amidine groups is 1. The van der Waals surface area contributed by atoms with E-state index in [1.807, 2.05) is 0 Å². The highest BCUT2D eigenvalue weighted by Gasteiger charge is 2.19. The second kappa shape index (κ2) is 5.64. The van der Waals surface area contributed by atoms with Gasteiger partial charge in [0.2, 0.25) is 0 Å². The molecule has 1 atom stereocenters. The lowest BCUT2D eigenvalue weighted by atomic mass is 10.3. The van der Waals surface area contributed by atoms with E-state index in [2.05, 4.69) is 0 Å². The fourth-order valence-corrected chi connectivity index (χ4v) is 1.79. The molecule has 0 amide bonds. The van der Waals surface area contributed by atoms with Crippen molar-refractivity contribution in [2.75, 3.05) is 25.4 Å². The molecule has 4 nitrogen and oxygen atoms in total. The third-order valence-corrected chi connectivity index (χ3v) is 2.45. The van der Waals surface area contributed by atoms with Crippen LogP contribution in [-0.4, -0.2) is 51.8 Å². The zero-order chi connectivity index (χ0) is 8.27. The molecule has 0 bridgehead atoms. The molecule has 6 heteroatoms. The summed E-state index contributed by atoms with van der Waals surface area (Å²) in [4.78, 5) is 1.77. The van der Waals surface area contributed by atoms with Gasteiger partial charge in [0.15, 0.2) is 5.17 Å². The average Bonchev–Trinajstić information content (AvgIpc) is 2.37. The van der Waals surface area contributed by atoms with E-state index in [9.17, 15) is 0 Å². The summed E-state index contributed by atoms with van der Waals surface area (Å²) in [7, 11) is 0. The van der Waals surface area contributed by atoms with E-state index in [-0.39, 0.29) is 19.0 Å². The van der Waals surface area contributed by atoms with Crippen molar-refractivity contribution in [3.63, 3.8) is 0 Å². The van der Waals surface area contributed by atoms with Crippen molar-refractivity contribution in [2.45, 2.75) is 6.10 Å². The van der Waals surface area contributed by atoms with Crippen LogP contribution in [-0.2, 0) is 0 Å². The van der Waals surface area contributed by atoms with Gasteiger partial charge in [-0.05, 0) is 0 Å². The minimum Gasteiger partial charge on any atom is -0.394 e. The Hall–Kier alpha value is 0.0300. The van der Waals surface area contributed by atoms with Crippen LogP contribution in [0.1, 0.15) is 0 Å². The largest absolute Gasteiger partial charge is 0.394 e. The van der Waals surface area contributed by atoms with Crippen molar-refractivity contribution >= 4 is 29.3 Å². The first-order valence-corrected chi connectivity index (χ1v) is 4.48. The number of nitrogens with zero attached hydrogens (tertiary/aromatic N) is 1. The highest BCUT2D eigenvalue weighted by atomic mass is 35.5. The zero-order valence-corrected chi connectivity index (χ0v) is 8.20. The van der Waals surface area contributed by atoms with Gasteiger partial charge in [0.05, 0.1) is 12.7 Å². The van der Waals surface area contributed by atoms with Crippen LogP contribution in [0.25, 0.3) is 0 Å². The van der Waals surface area contributed by atoms with Gasteiger partial charge in [0.25, 0.3) is 0 Å². The van der Waals surface area contributed by atoms with Gasteiger partial charge in [0.1, 0.15) is 0 Å². The van der Waals surface area contributed by atoms with Gasteiger partial charge >= 0.3 is 0 Å². The summed E-state index contributed by atoms with van der Waals surface area (Å²) in [6.07, 6.45) is -0.714. The molecule has 0 saturated carbocycles. The maximum absolute atomic E-state index is 9.04. The summed E-state index contributed by atoms with van der Waals surface area (Å²) in [5.74, 6) is 0.914. The van der Waals surface area contributed by atoms with Crippen LogP contribution in [0.2, 0.25) is 0 Å². The molecule has 1 heterocycles. The van der Waals surface area contributed by atoms with Crippen LogP contribution in [0.5, 0.6) is 0 Å². The molecule has 1 rings (SSSR count). The number of aliphatic hydroxyl groups excluding tert-OH is 2. The summed E-state index contributed by atoms with van der Waals surface area (Å²) in [6, 6.07) is 0. The number of nitrogens with one attached hydrogen (secondary N) is 1. The lowest BCUT2D eigenvalue weighted by Gasteiger charge is -2.18. The molecule has 1 unspecified atom stereocenters. The van der Waals surface area contributed by atoms with E-state index in [0.717, 1.165) is 12.3 Å². The van der Waals surface area contributed by atoms with E-state index >= 15 is 0 Å². The SMILES string of the molecule is Cl.N=C1SCCN1CC(O)CO. The zero-order valence-electron chi connectivity index (χ0n) is 6.56. The second-order valence-corrected chi connectivity index (χ2v) is 3.52. The third kappa shape index (κ3) is 3.18. The Bertz CT molecular complexity index is 158. The van der Waals surface area contributed by atoms with E-state index in [0.29, 0.717) is 11.7 Å². The van der Waals surface area contributed by atoms with E-state index in [1.54, 1.807) is 4.90 Å². The molecule has 1 aliphatic rings. The van der Waals surface area contributed by atoms with Crippen molar-refractivity contribution in [1.82, 2.24) is 4.90 Å². The molecule has 12 heavy (non-hydrogen) atoms. The van der Waals surface area contributed by atoms with Crippen LogP contribution >= 0.6 is 24.2 Å². The summed E-state index contributed by atoms with van der Waals surface area (Å²) < 4.78 is 0. The predicted octanol–water partition coefficient (Wildman–Crippen LogP) is -0.255. The molecule has 1 saturated heterocycles. The summed E-state index contributed by atoms with van der Waals surface area (Å²) in [5.41, 5.74) is 0. The third-order valence-electron chi connectivity index (χ3n) is 1.53. The number of rotatable bonds is 3. The second-order valence-electron chi connectivity index (χ2n) is 2.44. The Morgan fingerprint density at radius 3 is 2.75 bits per heavy atom. The Labute approximate surface area is 81.9 Å². The fraction of sp³-hybridized carbons (Fsp3) is 0.833. The van der Waals surface area contributed by atoms with Crippen molar-refractivity contribution in [3.05, 3.63) is 0 Å². The standard InChI is InChI=1S/C6H12N2O2S.ClH/c7-6-8(1-2-11-6)3-5(10)4-9;/h5,7,9-10H,1-4H2;1H. The van der Waals surface area contributed by atoms with Gasteiger partial charge in [-0.2, -0.15) is 0 Å². The molecule has 0 radical (unpaired) electrons. The first-order valence-electron chi connectivity index (χ1n) is 3.49. The molecular weight excluding hydrogens is 200 g/mol. The minimum absolute atomic E-state index is 0. The maximum atomic E-state index is 9.04. The number of thioether (sulfide) groups is 1. The smallest absolute Gasteiger partial charge is 0.156 e. The van der Waals surface area contributed by atoms with Gasteiger partial charge in [-0.15, -0.1) is 12.4 Å². The Balaban J connectivity index is 0.00000121. The summed E-state index contributed by atoms with van der Waals surface area (Å²) >= 11 is 1.47. The van der Waals surface area contributed by atoms with Gasteiger partial charge in [-0.1, -0.05) is 11.8 Å². The van der Waals surface area contributed by atoms with Crippen LogP contribution in [0.15, 0.2) is 0 Å². The predicted molar refractivity (Wildman–Crippen MR) is 52.1 cm³/mol. The van der Waals surface area contributed by atoms with Crippen molar-refractivity contribution in [3.8, 4) is 0 Å². The van der Waals surface area contributed by atoms with Crippen molar-refractivity contribution in [1.29, 1.82) is 5.41 Å². The first kappa shape index (κ1) is 12.0. The topological polar surface area (TPSA) is 67.6 Å². The van der Waals surface area contributed by atoms with E-state index in [1.165, 1.54) is 11.8 Å². The minimum atomic E-state index is -0.714. The molecule has 3 N–H and O–H groups in total. The molecule has 1 aliphatic heterocycles. The van der Waals surface area contributed by atoms with Gasteiger partial charge < -0.3 is 15.1 Å². The Morgan fingerprint density at radius 1 is 1.67 bits per heavy atom. The molecule has 0 aromatic rings. The van der Waals surface area contributed by atoms with Crippen molar-refractivity contribution in [2.24, 2.45) is 0 Å². The summed E-state index contributed by atoms with van der Waals surface area (Å²) in [5, 5.41) is 25.4. The molecule has 72 valence electrons. The number of aliphatic hydroxyl groups is 2. The maximum Gasteiger partial charge on any atom is 0.156 e. The highest BCUT2D eigenvalue weighted by Crippen LogP contribution is 2.15. The number of β-amino-alcohol motifs (C(OH)–C–C–N with tert-alkyl or cyclic N) is 1. The number of hydrogen-bond donors (Lipinski definition) is 3. The quantitative estimate of drug-likeness (QED) is 0.604. The number of halogens is 1. The molecule has 1 fully saturated rings. The Kier molecular flexibility index (Phi) is 5.65. The van der Waals surface area contributed by atoms with Crippen LogP contribution < -0.4 is 0 Å². The van der Waals surface area contributed by atoms with Gasteiger partial charge in [-0.3, -0.25) is 5.41 Å². The van der Waals surface area contributed by atoms with Gasteiger partial charge in [0, 0.05) is 18.8 Å². The van der Waals surface area contributed by atoms with Crippen LogP contribution in [0.4, 0.5) is 0 Å². The van der Waals surface area contributed by atoms with Gasteiger partial charge in [-0.25, -0.2) is 0 Å². The lowest BCUT2D eigenvalue weighted by Crippen LogP contribution is -2.34. The van der Waals surface area contributed by atoms with Crippen molar-refractivity contribution < 1.29 is 10.2 Å². The summed E-state index contributed by atoms with van der Waals surface area (Å²) in [6.45, 7) is 0.956. The van der Waals surface area contributed by atoms with E-state index in [4.69, 9.17) is 15.6 Å². The normalized spacial score (nSPS) is 19.2. The molecule has 0 aliphatic carbocycles. The molecular formula is C6H13ClN2O2S. The highest BCUT2D eigenvalue weighted by molar-refractivity contribution is 8.14. The van der Waals surface area contributed by atoms with Crippen LogP contribution in [0, 0.1) is 5.41 Å². The molecule has 0 spiro atoms. The molecule has 0 aromatic carbocycles. The fourth-order valence-electron chi connectivity index (χ4n) is 0.932. The lowest BCUT2D eigenvalue weighted by molar-refractivity contribution is 0.0784. The number of hydrogen-bond acceptors (Lipinski definition) is 4. The first-order chi connectivity index (χ1) is 5.24.